The Morgan fingerprint density at radius 2 is 1.67 bits per heavy atom. The summed E-state index contributed by atoms with van der Waals surface area (Å²) in [7, 11) is 0. The van der Waals surface area contributed by atoms with Crippen molar-refractivity contribution in [1.29, 1.82) is 0 Å². The van der Waals surface area contributed by atoms with Crippen LogP contribution in [-0.2, 0) is 0 Å². The lowest BCUT2D eigenvalue weighted by Gasteiger charge is -2.07. The van der Waals surface area contributed by atoms with E-state index >= 15 is 0 Å². The molecule has 3 rings (SSSR count). The Hall–Kier alpha value is -3.67. The number of nitrogens with zero attached hydrogens (tertiary/aromatic N) is 1. The van der Waals surface area contributed by atoms with Gasteiger partial charge >= 0.3 is 0 Å². The molecule has 0 fully saturated rings. The van der Waals surface area contributed by atoms with Gasteiger partial charge in [0.2, 0.25) is 0 Å². The molecule has 6 nitrogen and oxygen atoms in total. The van der Waals surface area contributed by atoms with Crippen LogP contribution in [0.3, 0.4) is 0 Å². The Balaban J connectivity index is 1.65. The van der Waals surface area contributed by atoms with E-state index in [1.165, 1.54) is 6.21 Å². The van der Waals surface area contributed by atoms with Gasteiger partial charge in [-0.25, -0.2) is 5.43 Å². The van der Waals surface area contributed by atoms with E-state index in [0.717, 1.165) is 11.3 Å². The number of hydrogen-bond acceptors (Lipinski definition) is 4. The molecule has 0 saturated carbocycles. The average molecular weight is 361 g/mol. The van der Waals surface area contributed by atoms with Gasteiger partial charge in [-0.1, -0.05) is 23.8 Å². The van der Waals surface area contributed by atoms with E-state index in [4.69, 9.17) is 4.42 Å². The molecule has 0 aliphatic carbocycles. The summed E-state index contributed by atoms with van der Waals surface area (Å²) >= 11 is 0. The lowest BCUT2D eigenvalue weighted by Crippen LogP contribution is -2.18. The number of anilines is 1. The van der Waals surface area contributed by atoms with Crippen molar-refractivity contribution in [2.24, 2.45) is 5.10 Å². The van der Waals surface area contributed by atoms with E-state index < -0.39 is 0 Å². The topological polar surface area (TPSA) is 83.7 Å². The molecule has 3 aromatic rings. The van der Waals surface area contributed by atoms with Crippen LogP contribution in [-0.4, -0.2) is 18.0 Å². The first-order chi connectivity index (χ1) is 13.0. The summed E-state index contributed by atoms with van der Waals surface area (Å²) in [5.41, 5.74) is 4.90. The van der Waals surface area contributed by atoms with Gasteiger partial charge in [0.1, 0.15) is 11.5 Å². The van der Waals surface area contributed by atoms with Gasteiger partial charge in [-0.05, 0) is 56.3 Å². The smallest absolute Gasteiger partial charge is 0.271 e. The van der Waals surface area contributed by atoms with Gasteiger partial charge in [0, 0.05) is 16.8 Å². The number of carbonyl (C=O) groups is 2. The van der Waals surface area contributed by atoms with Crippen LogP contribution in [0.15, 0.2) is 70.2 Å². The number of rotatable bonds is 5. The molecule has 0 radical (unpaired) electrons. The van der Waals surface area contributed by atoms with Crippen LogP contribution < -0.4 is 10.7 Å². The monoisotopic (exact) mass is 361 g/mol. The molecule has 0 spiro atoms. The van der Waals surface area contributed by atoms with Crippen molar-refractivity contribution < 1.29 is 14.0 Å². The number of nitrogens with one attached hydrogen (secondary N) is 2. The SMILES string of the molecule is Cc1cccc(C(=O)Nc2cccc(C(=O)N/N=C\c3ccc(C)o3)c2)c1. The Morgan fingerprint density at radius 1 is 0.926 bits per heavy atom. The second-order valence-electron chi connectivity index (χ2n) is 6.05. The molecule has 27 heavy (non-hydrogen) atoms. The third-order valence-electron chi connectivity index (χ3n) is 3.78. The highest BCUT2D eigenvalue weighted by molar-refractivity contribution is 6.05. The predicted molar refractivity (Wildman–Crippen MR) is 104 cm³/mol. The first-order valence-corrected chi connectivity index (χ1v) is 8.39. The van der Waals surface area contributed by atoms with Crippen LogP contribution >= 0.6 is 0 Å². The third-order valence-corrected chi connectivity index (χ3v) is 3.78. The van der Waals surface area contributed by atoms with Gasteiger partial charge in [-0.3, -0.25) is 9.59 Å². The zero-order chi connectivity index (χ0) is 19.2. The Labute approximate surface area is 156 Å². The summed E-state index contributed by atoms with van der Waals surface area (Å²) in [4.78, 5) is 24.6. The van der Waals surface area contributed by atoms with E-state index in [2.05, 4.69) is 15.8 Å². The number of hydrogen-bond donors (Lipinski definition) is 2. The normalized spacial score (nSPS) is 10.7. The summed E-state index contributed by atoms with van der Waals surface area (Å²) in [6.45, 7) is 3.75. The molecule has 0 aliphatic rings. The zero-order valence-corrected chi connectivity index (χ0v) is 15.0. The Morgan fingerprint density at radius 3 is 2.37 bits per heavy atom. The van der Waals surface area contributed by atoms with Crippen LogP contribution in [0.1, 0.15) is 37.8 Å². The highest BCUT2D eigenvalue weighted by Gasteiger charge is 2.09. The minimum absolute atomic E-state index is 0.234. The highest BCUT2D eigenvalue weighted by Crippen LogP contribution is 2.13. The van der Waals surface area contributed by atoms with Crippen LogP contribution in [0.5, 0.6) is 0 Å². The number of hydrazone groups is 1. The Kier molecular flexibility index (Phi) is 5.47. The third kappa shape index (κ3) is 4.92. The van der Waals surface area contributed by atoms with Crippen molar-refractivity contribution in [3.63, 3.8) is 0 Å². The number of benzene rings is 2. The van der Waals surface area contributed by atoms with Crippen LogP contribution in [0, 0.1) is 13.8 Å². The fraction of sp³-hybridized carbons (Fsp3) is 0.0952. The molecule has 0 unspecified atom stereocenters. The number of amides is 2. The molecule has 0 atom stereocenters. The van der Waals surface area contributed by atoms with E-state index in [9.17, 15) is 9.59 Å². The molecule has 1 aromatic heterocycles. The number of furan rings is 1. The van der Waals surface area contributed by atoms with E-state index in [-0.39, 0.29) is 11.8 Å². The van der Waals surface area contributed by atoms with Crippen molar-refractivity contribution in [3.05, 3.63) is 88.9 Å². The van der Waals surface area contributed by atoms with Gasteiger partial charge in [0.05, 0.1) is 6.21 Å². The Bertz CT molecular complexity index is 1010. The quantitative estimate of drug-likeness (QED) is 0.534. The summed E-state index contributed by atoms with van der Waals surface area (Å²) in [5.74, 6) is 0.690. The fourth-order valence-electron chi connectivity index (χ4n) is 2.47. The average Bonchev–Trinajstić information content (AvgIpc) is 3.07. The summed E-state index contributed by atoms with van der Waals surface area (Å²) < 4.78 is 5.34. The lowest BCUT2D eigenvalue weighted by atomic mass is 10.1. The van der Waals surface area contributed by atoms with Gasteiger partial charge in [0.15, 0.2) is 0 Å². The molecule has 2 N–H and O–H groups in total. The van der Waals surface area contributed by atoms with Crippen molar-refractivity contribution in [3.8, 4) is 0 Å². The van der Waals surface area contributed by atoms with Crippen molar-refractivity contribution in [1.82, 2.24) is 5.43 Å². The standard InChI is InChI=1S/C21H19N3O3/c1-14-5-3-6-16(11-14)20(25)23-18-8-4-7-17(12-18)21(26)24-22-13-19-10-9-15(2)27-19/h3-13H,1-2H3,(H,23,25)(H,24,26)/b22-13-. The van der Waals surface area contributed by atoms with Crippen molar-refractivity contribution in [2.45, 2.75) is 13.8 Å². The second kappa shape index (κ2) is 8.14. The molecular formula is C21H19N3O3. The van der Waals surface area contributed by atoms with Crippen molar-refractivity contribution >= 4 is 23.7 Å². The first kappa shape index (κ1) is 18.1. The predicted octanol–water partition coefficient (Wildman–Crippen LogP) is 3.91. The zero-order valence-electron chi connectivity index (χ0n) is 15.0. The minimum atomic E-state index is -0.388. The first-order valence-electron chi connectivity index (χ1n) is 8.39. The highest BCUT2D eigenvalue weighted by atomic mass is 16.3. The maximum Gasteiger partial charge on any atom is 0.271 e. The molecule has 0 bridgehead atoms. The molecule has 0 saturated heterocycles. The van der Waals surface area contributed by atoms with E-state index in [0.29, 0.717) is 22.6 Å². The van der Waals surface area contributed by atoms with Gasteiger partial charge < -0.3 is 9.73 Å². The maximum atomic E-state index is 12.3. The fourth-order valence-corrected chi connectivity index (χ4v) is 2.47. The molecular weight excluding hydrogens is 342 g/mol. The molecule has 0 aliphatic heterocycles. The van der Waals surface area contributed by atoms with Crippen molar-refractivity contribution in [2.75, 3.05) is 5.32 Å². The van der Waals surface area contributed by atoms with Crippen LogP contribution in [0.2, 0.25) is 0 Å². The van der Waals surface area contributed by atoms with Gasteiger partial charge in [-0.2, -0.15) is 5.10 Å². The number of carbonyl (C=O) groups excluding carboxylic acids is 2. The summed E-state index contributed by atoms with van der Waals surface area (Å²) in [5, 5.41) is 6.67. The molecule has 2 aromatic carbocycles. The maximum absolute atomic E-state index is 12.3. The molecule has 136 valence electrons. The number of aryl methyl sites for hydroxylation is 2. The lowest BCUT2D eigenvalue weighted by molar-refractivity contribution is 0.0953. The largest absolute Gasteiger partial charge is 0.460 e. The summed E-state index contributed by atoms with van der Waals surface area (Å²) in [6, 6.07) is 17.5. The second-order valence-corrected chi connectivity index (χ2v) is 6.05. The molecule has 6 heteroatoms. The molecule has 1 heterocycles. The van der Waals surface area contributed by atoms with Gasteiger partial charge in [-0.15, -0.1) is 0 Å². The van der Waals surface area contributed by atoms with Gasteiger partial charge in [0.25, 0.3) is 11.8 Å². The van der Waals surface area contributed by atoms with E-state index in [1.807, 2.05) is 32.0 Å². The van der Waals surface area contributed by atoms with Crippen LogP contribution in [0.4, 0.5) is 5.69 Å². The van der Waals surface area contributed by atoms with E-state index in [1.54, 1.807) is 42.5 Å². The van der Waals surface area contributed by atoms with Crippen LogP contribution in [0.25, 0.3) is 0 Å². The summed E-state index contributed by atoms with van der Waals surface area (Å²) in [6.07, 6.45) is 1.42. The minimum Gasteiger partial charge on any atom is -0.460 e. The molecule has 2 amide bonds.